The highest BCUT2D eigenvalue weighted by molar-refractivity contribution is 7.19. The number of nitrogens with zero attached hydrogens (tertiary/aromatic N) is 2. The molecule has 0 unspecified atom stereocenters. The highest BCUT2D eigenvalue weighted by atomic mass is 35.5. The van der Waals surface area contributed by atoms with Gasteiger partial charge in [-0.3, -0.25) is 0 Å². The van der Waals surface area contributed by atoms with Gasteiger partial charge in [-0.25, -0.2) is 4.98 Å². The molecule has 0 amide bonds. The van der Waals surface area contributed by atoms with E-state index in [9.17, 15) is 0 Å². The van der Waals surface area contributed by atoms with Crippen molar-refractivity contribution in [2.45, 2.75) is 44.1 Å². The van der Waals surface area contributed by atoms with Crippen LogP contribution >= 0.6 is 22.9 Å². The molecule has 8 rings (SSSR count). The number of anilines is 2. The quantitative estimate of drug-likeness (QED) is 0.273. The van der Waals surface area contributed by atoms with Crippen LogP contribution in [0, 0.1) is 17.8 Å². The minimum Gasteiger partial charge on any atom is -0.325 e. The molecule has 3 aromatic carbocycles. The third-order valence-electron chi connectivity index (χ3n) is 8.45. The summed E-state index contributed by atoms with van der Waals surface area (Å²) in [5.74, 6) is 2.61. The molecule has 4 aromatic rings. The van der Waals surface area contributed by atoms with E-state index in [0.29, 0.717) is 0 Å². The topological polar surface area (TPSA) is 16.1 Å². The third-order valence-corrected chi connectivity index (χ3v) is 9.79. The van der Waals surface area contributed by atoms with Crippen LogP contribution in [0.25, 0.3) is 21.8 Å². The van der Waals surface area contributed by atoms with Crippen molar-refractivity contribution in [2.24, 2.45) is 17.8 Å². The fourth-order valence-electron chi connectivity index (χ4n) is 7.49. The Balaban J connectivity index is 1.44. The molecule has 0 radical (unpaired) electrons. The summed E-state index contributed by atoms with van der Waals surface area (Å²) in [6, 6.07) is 30.0. The van der Waals surface area contributed by atoms with Gasteiger partial charge in [-0.2, -0.15) is 0 Å². The first-order chi connectivity index (χ1) is 17.2. The van der Waals surface area contributed by atoms with E-state index in [4.69, 9.17) is 16.6 Å². The number of halogens is 1. The molecule has 176 valence electrons. The summed E-state index contributed by atoms with van der Waals surface area (Å²) in [5.41, 5.74) is 4.90. The zero-order chi connectivity index (χ0) is 23.4. The van der Waals surface area contributed by atoms with Crippen molar-refractivity contribution in [3.63, 3.8) is 0 Å². The van der Waals surface area contributed by atoms with Crippen LogP contribution in [0.4, 0.5) is 10.7 Å². The maximum Gasteiger partial charge on any atom is 0.126 e. The summed E-state index contributed by atoms with van der Waals surface area (Å²) >= 11 is 8.05. The van der Waals surface area contributed by atoms with Crippen LogP contribution < -0.4 is 4.90 Å². The van der Waals surface area contributed by atoms with Gasteiger partial charge in [0.1, 0.15) is 15.7 Å². The molecule has 4 saturated carbocycles. The average Bonchev–Trinajstić information content (AvgIpc) is 3.29. The number of rotatable bonds is 5. The first-order valence-electron chi connectivity index (χ1n) is 12.8. The second-order valence-electron chi connectivity index (χ2n) is 10.9. The fraction of sp³-hybridized carbons (Fsp3) is 0.323. The highest BCUT2D eigenvalue weighted by Crippen LogP contribution is 2.61. The number of hydrogen-bond donors (Lipinski definition) is 0. The van der Waals surface area contributed by atoms with Gasteiger partial charge in [0.05, 0.1) is 0 Å². The third kappa shape index (κ3) is 3.80. The minimum absolute atomic E-state index is 0.184. The first-order valence-corrected chi connectivity index (χ1v) is 14.0. The molecule has 0 atom stereocenters. The lowest BCUT2D eigenvalue weighted by Gasteiger charge is -2.60. The molecule has 2 nitrogen and oxygen atoms in total. The van der Waals surface area contributed by atoms with Crippen molar-refractivity contribution in [3.05, 3.63) is 90.0 Å². The Hall–Kier alpha value is -2.62. The molecular weight excluding hydrogens is 468 g/mol. The summed E-state index contributed by atoms with van der Waals surface area (Å²) < 4.78 is 0. The van der Waals surface area contributed by atoms with Crippen molar-refractivity contribution < 1.29 is 0 Å². The number of benzene rings is 3. The second-order valence-corrected chi connectivity index (χ2v) is 12.3. The lowest BCUT2D eigenvalue weighted by molar-refractivity contribution is 0.000801. The summed E-state index contributed by atoms with van der Waals surface area (Å²) in [6.07, 6.45) is 8.22. The molecule has 1 aromatic heterocycles. The minimum atomic E-state index is 0.184. The van der Waals surface area contributed by atoms with Crippen LogP contribution in [0.3, 0.4) is 0 Å². The molecule has 0 aliphatic heterocycles. The molecule has 4 aliphatic carbocycles. The van der Waals surface area contributed by atoms with Crippen molar-refractivity contribution in [1.82, 2.24) is 4.98 Å². The molecule has 0 spiro atoms. The largest absolute Gasteiger partial charge is 0.325 e. The Morgan fingerprint density at radius 1 is 0.714 bits per heavy atom. The maximum absolute atomic E-state index is 6.21. The van der Waals surface area contributed by atoms with Gasteiger partial charge in [0, 0.05) is 27.4 Å². The van der Waals surface area contributed by atoms with Crippen molar-refractivity contribution in [1.29, 1.82) is 0 Å². The standard InChI is InChI=1S/C31H29ClN2S/c32-26-13-11-25(12-14-26)29-33-28(24-7-3-1-4-8-24)30(35-29)34(27-9-5-2-6-10-27)31-18-21-15-22(19-31)17-23(16-21)20-31/h1-14,21-23H,15-20H2. The van der Waals surface area contributed by atoms with Crippen molar-refractivity contribution in [2.75, 3.05) is 4.90 Å². The van der Waals surface area contributed by atoms with Gasteiger partial charge in [0.2, 0.25) is 0 Å². The van der Waals surface area contributed by atoms with Crippen LogP contribution in [-0.4, -0.2) is 10.5 Å². The van der Waals surface area contributed by atoms with Crippen molar-refractivity contribution in [3.8, 4) is 21.8 Å². The Morgan fingerprint density at radius 2 is 1.29 bits per heavy atom. The van der Waals surface area contributed by atoms with Gasteiger partial charge in [-0.1, -0.05) is 83.6 Å². The highest BCUT2D eigenvalue weighted by Gasteiger charge is 2.54. The van der Waals surface area contributed by atoms with Crippen LogP contribution in [0.2, 0.25) is 5.02 Å². The molecule has 1 heterocycles. The number of aromatic nitrogens is 1. The maximum atomic E-state index is 6.21. The SMILES string of the molecule is Clc1ccc(-c2nc(-c3ccccc3)c(N(c3ccccc3)C34CC5CC(CC(C5)C3)C4)s2)cc1. The smallest absolute Gasteiger partial charge is 0.126 e. The van der Waals surface area contributed by atoms with E-state index in [0.717, 1.165) is 39.0 Å². The van der Waals surface area contributed by atoms with Gasteiger partial charge in [-0.15, -0.1) is 0 Å². The lowest BCUT2D eigenvalue weighted by Crippen LogP contribution is -2.58. The Morgan fingerprint density at radius 3 is 1.89 bits per heavy atom. The molecular formula is C31H29ClN2S. The first kappa shape index (κ1) is 21.6. The van der Waals surface area contributed by atoms with Gasteiger partial charge in [0.15, 0.2) is 0 Å². The van der Waals surface area contributed by atoms with E-state index in [-0.39, 0.29) is 5.54 Å². The van der Waals surface area contributed by atoms with E-state index >= 15 is 0 Å². The number of thiazole rings is 1. The Bertz CT molecular complexity index is 1290. The predicted octanol–water partition coefficient (Wildman–Crippen LogP) is 9.24. The summed E-state index contributed by atoms with van der Waals surface area (Å²) in [6.45, 7) is 0. The van der Waals surface area contributed by atoms with E-state index in [1.165, 1.54) is 54.8 Å². The number of hydrogen-bond acceptors (Lipinski definition) is 3. The van der Waals surface area contributed by atoms with Gasteiger partial charge in [-0.05, 0) is 80.5 Å². The Labute approximate surface area is 216 Å². The fourth-order valence-corrected chi connectivity index (χ4v) is 8.84. The van der Waals surface area contributed by atoms with Gasteiger partial charge >= 0.3 is 0 Å². The van der Waals surface area contributed by atoms with E-state index in [1.54, 1.807) is 0 Å². The molecule has 0 saturated heterocycles. The zero-order valence-electron chi connectivity index (χ0n) is 19.7. The molecule has 35 heavy (non-hydrogen) atoms. The van der Waals surface area contributed by atoms with E-state index in [2.05, 4.69) is 77.7 Å². The lowest BCUT2D eigenvalue weighted by atomic mass is 9.52. The summed E-state index contributed by atoms with van der Waals surface area (Å²) in [5, 5.41) is 3.10. The molecule has 0 N–H and O–H groups in total. The zero-order valence-corrected chi connectivity index (χ0v) is 21.3. The summed E-state index contributed by atoms with van der Waals surface area (Å²) in [4.78, 5) is 8.02. The van der Waals surface area contributed by atoms with Crippen LogP contribution in [-0.2, 0) is 0 Å². The van der Waals surface area contributed by atoms with Gasteiger partial charge < -0.3 is 4.90 Å². The van der Waals surface area contributed by atoms with Gasteiger partial charge in [0.25, 0.3) is 0 Å². The normalized spacial score (nSPS) is 26.7. The monoisotopic (exact) mass is 496 g/mol. The summed E-state index contributed by atoms with van der Waals surface area (Å²) in [7, 11) is 0. The Kier molecular flexibility index (Phi) is 5.26. The average molecular weight is 497 g/mol. The second kappa shape index (κ2) is 8.50. The molecule has 4 bridgehead atoms. The number of para-hydroxylation sites is 1. The van der Waals surface area contributed by atoms with Crippen LogP contribution in [0.1, 0.15) is 38.5 Å². The predicted molar refractivity (Wildman–Crippen MR) is 147 cm³/mol. The van der Waals surface area contributed by atoms with Crippen LogP contribution in [0.15, 0.2) is 84.9 Å². The van der Waals surface area contributed by atoms with Crippen molar-refractivity contribution >= 4 is 33.6 Å². The van der Waals surface area contributed by atoms with Crippen LogP contribution in [0.5, 0.6) is 0 Å². The molecule has 4 fully saturated rings. The molecule has 4 heteroatoms. The van der Waals surface area contributed by atoms with E-state index < -0.39 is 0 Å². The van der Waals surface area contributed by atoms with E-state index in [1.807, 2.05) is 23.5 Å². The molecule has 4 aliphatic rings.